The van der Waals surface area contributed by atoms with Crippen molar-refractivity contribution in [2.75, 3.05) is 7.05 Å². The zero-order chi connectivity index (χ0) is 18.4. The van der Waals surface area contributed by atoms with E-state index in [1.54, 1.807) is 18.2 Å². The number of nitrogens with zero attached hydrogens (tertiary/aromatic N) is 1. The van der Waals surface area contributed by atoms with Gasteiger partial charge in [-0.3, -0.25) is 13.9 Å². The summed E-state index contributed by atoms with van der Waals surface area (Å²) in [6.45, 7) is 1.38. The maximum Gasteiger partial charge on any atom is 0.265 e. The number of likely N-dealkylation sites (N-methyl/N-ethyl adjacent to an activating group) is 1. The highest BCUT2D eigenvalue weighted by Gasteiger charge is 2.39. The number of carbonyl (C=O) groups excluding carboxylic acids is 2. The standard InChI is InChI=1S/C18H15NO5S/c1-11(20)12-6-5-7-13(10-12)17(21)16-18(22)14-8-3-4-9-15(14)25(23,24)19(16)2/h3-10,21H,1-2H3. The van der Waals surface area contributed by atoms with Crippen LogP contribution in [0.3, 0.4) is 0 Å². The van der Waals surface area contributed by atoms with Crippen LogP contribution >= 0.6 is 0 Å². The van der Waals surface area contributed by atoms with Gasteiger partial charge in [-0.2, -0.15) is 0 Å². The van der Waals surface area contributed by atoms with Gasteiger partial charge in [0.1, 0.15) is 5.70 Å². The summed E-state index contributed by atoms with van der Waals surface area (Å²) < 4.78 is 26.1. The molecule has 0 spiro atoms. The molecule has 0 saturated heterocycles. The lowest BCUT2D eigenvalue weighted by Gasteiger charge is -2.28. The molecule has 0 atom stereocenters. The molecule has 0 fully saturated rings. The molecule has 0 unspecified atom stereocenters. The third-order valence-corrected chi connectivity index (χ3v) is 5.88. The molecular formula is C18H15NO5S. The molecule has 0 saturated carbocycles. The molecule has 128 valence electrons. The van der Waals surface area contributed by atoms with Crippen molar-refractivity contribution in [2.24, 2.45) is 0 Å². The number of hydrogen-bond donors (Lipinski definition) is 1. The number of rotatable bonds is 2. The van der Waals surface area contributed by atoms with Crippen molar-refractivity contribution in [2.45, 2.75) is 11.8 Å². The SMILES string of the molecule is CC(=O)c1cccc(C(O)=C2C(=O)c3ccccc3S(=O)(=O)N2C)c1. The predicted octanol–water partition coefficient (Wildman–Crippen LogP) is 2.63. The average Bonchev–Trinajstić information content (AvgIpc) is 2.60. The maximum atomic E-state index is 12.8. The minimum atomic E-state index is -3.95. The fourth-order valence-electron chi connectivity index (χ4n) is 2.70. The molecule has 1 heterocycles. The summed E-state index contributed by atoms with van der Waals surface area (Å²) >= 11 is 0. The Labute approximate surface area is 145 Å². The van der Waals surface area contributed by atoms with Crippen LogP contribution in [-0.4, -0.2) is 36.4 Å². The highest BCUT2D eigenvalue weighted by Crippen LogP contribution is 2.34. The fourth-order valence-corrected chi connectivity index (χ4v) is 4.09. The zero-order valence-corrected chi connectivity index (χ0v) is 14.4. The van der Waals surface area contributed by atoms with Crippen LogP contribution in [-0.2, 0) is 10.0 Å². The minimum absolute atomic E-state index is 0.00451. The molecule has 0 aromatic heterocycles. The Morgan fingerprint density at radius 2 is 1.68 bits per heavy atom. The van der Waals surface area contributed by atoms with Gasteiger partial charge in [-0.05, 0) is 25.1 Å². The Kier molecular flexibility index (Phi) is 3.96. The van der Waals surface area contributed by atoms with Crippen molar-refractivity contribution < 1.29 is 23.1 Å². The van der Waals surface area contributed by atoms with Crippen LogP contribution < -0.4 is 0 Å². The molecule has 25 heavy (non-hydrogen) atoms. The molecule has 0 amide bonds. The summed E-state index contributed by atoms with van der Waals surface area (Å²) in [7, 11) is -2.74. The number of hydrogen-bond acceptors (Lipinski definition) is 5. The van der Waals surface area contributed by atoms with Gasteiger partial charge in [0.15, 0.2) is 11.5 Å². The van der Waals surface area contributed by atoms with E-state index >= 15 is 0 Å². The molecule has 0 radical (unpaired) electrons. The largest absolute Gasteiger partial charge is 0.505 e. The van der Waals surface area contributed by atoms with Gasteiger partial charge >= 0.3 is 0 Å². The van der Waals surface area contributed by atoms with Crippen LogP contribution in [0.2, 0.25) is 0 Å². The number of aliphatic hydroxyl groups excluding tert-OH is 1. The van der Waals surface area contributed by atoms with Gasteiger partial charge < -0.3 is 5.11 Å². The molecule has 1 aliphatic rings. The van der Waals surface area contributed by atoms with E-state index in [1.165, 1.54) is 44.3 Å². The number of carbonyl (C=O) groups is 2. The van der Waals surface area contributed by atoms with E-state index < -0.39 is 21.6 Å². The summed E-state index contributed by atoms with van der Waals surface area (Å²) in [6.07, 6.45) is 0. The summed E-state index contributed by atoms with van der Waals surface area (Å²) in [4.78, 5) is 24.2. The van der Waals surface area contributed by atoms with E-state index in [0.717, 1.165) is 4.31 Å². The van der Waals surface area contributed by atoms with Crippen LogP contribution in [0.4, 0.5) is 0 Å². The van der Waals surface area contributed by atoms with Crippen molar-refractivity contribution in [3.05, 3.63) is 70.9 Å². The molecule has 2 aromatic carbocycles. The molecule has 2 aromatic rings. The van der Waals surface area contributed by atoms with Crippen LogP contribution in [0, 0.1) is 0 Å². The Hall–Kier alpha value is -2.93. The van der Waals surface area contributed by atoms with E-state index in [0.29, 0.717) is 5.56 Å². The van der Waals surface area contributed by atoms with E-state index in [4.69, 9.17) is 0 Å². The lowest BCUT2D eigenvalue weighted by Crippen LogP contribution is -2.37. The average molecular weight is 357 g/mol. The number of sulfonamides is 1. The van der Waals surface area contributed by atoms with Crippen molar-refractivity contribution in [1.29, 1.82) is 0 Å². The first-order valence-corrected chi connectivity index (χ1v) is 8.86. The topological polar surface area (TPSA) is 91.7 Å². The second-order valence-corrected chi connectivity index (χ2v) is 7.57. The van der Waals surface area contributed by atoms with Gasteiger partial charge in [0, 0.05) is 23.7 Å². The molecule has 3 rings (SSSR count). The van der Waals surface area contributed by atoms with Crippen molar-refractivity contribution >= 4 is 27.3 Å². The quantitative estimate of drug-likeness (QED) is 0.507. The van der Waals surface area contributed by atoms with Crippen molar-refractivity contribution in [3.63, 3.8) is 0 Å². The van der Waals surface area contributed by atoms with Crippen molar-refractivity contribution in [3.8, 4) is 0 Å². The Morgan fingerprint density at radius 3 is 2.36 bits per heavy atom. The third kappa shape index (κ3) is 2.62. The first-order chi connectivity index (χ1) is 11.7. The normalized spacial score (nSPS) is 17.8. The van der Waals surface area contributed by atoms with Gasteiger partial charge in [0.2, 0.25) is 5.78 Å². The number of aliphatic hydroxyl groups is 1. The highest BCUT2D eigenvalue weighted by atomic mass is 32.2. The van der Waals surface area contributed by atoms with Gasteiger partial charge in [-0.25, -0.2) is 8.42 Å². The summed E-state index contributed by atoms with van der Waals surface area (Å²) in [5, 5.41) is 10.6. The molecule has 1 aliphatic heterocycles. The monoisotopic (exact) mass is 357 g/mol. The zero-order valence-electron chi connectivity index (χ0n) is 13.6. The van der Waals surface area contributed by atoms with E-state index in [1.807, 2.05) is 0 Å². The predicted molar refractivity (Wildman–Crippen MR) is 91.7 cm³/mol. The van der Waals surface area contributed by atoms with Gasteiger partial charge in [0.05, 0.1) is 4.90 Å². The molecule has 0 bridgehead atoms. The Morgan fingerprint density at radius 1 is 1.04 bits per heavy atom. The van der Waals surface area contributed by atoms with E-state index in [-0.39, 0.29) is 27.5 Å². The van der Waals surface area contributed by atoms with Crippen molar-refractivity contribution in [1.82, 2.24) is 4.31 Å². The van der Waals surface area contributed by atoms with Crippen LogP contribution in [0.5, 0.6) is 0 Å². The second kappa shape index (κ2) is 5.86. The van der Waals surface area contributed by atoms with Crippen LogP contribution in [0.15, 0.2) is 59.1 Å². The highest BCUT2D eigenvalue weighted by molar-refractivity contribution is 7.89. The lowest BCUT2D eigenvalue weighted by atomic mass is 10.0. The summed E-state index contributed by atoms with van der Waals surface area (Å²) in [6, 6.07) is 11.9. The fraction of sp³-hybridized carbons (Fsp3) is 0.111. The lowest BCUT2D eigenvalue weighted by molar-refractivity contribution is 0.0999. The molecule has 0 aliphatic carbocycles. The molecular weight excluding hydrogens is 342 g/mol. The summed E-state index contributed by atoms with van der Waals surface area (Å²) in [5.74, 6) is -1.30. The van der Waals surface area contributed by atoms with E-state index in [9.17, 15) is 23.1 Å². The van der Waals surface area contributed by atoms with Crippen LogP contribution in [0.1, 0.15) is 33.2 Å². The first-order valence-electron chi connectivity index (χ1n) is 7.42. The first kappa shape index (κ1) is 16.9. The van der Waals surface area contributed by atoms with Gasteiger partial charge in [0.25, 0.3) is 10.0 Å². The third-order valence-electron chi connectivity index (χ3n) is 4.07. The smallest absolute Gasteiger partial charge is 0.265 e. The summed E-state index contributed by atoms with van der Waals surface area (Å²) in [5.41, 5.74) is 0.195. The van der Waals surface area contributed by atoms with E-state index in [2.05, 4.69) is 0 Å². The number of allylic oxidation sites excluding steroid dienone is 1. The molecule has 7 heteroatoms. The number of fused-ring (bicyclic) bond motifs is 1. The van der Waals surface area contributed by atoms with Gasteiger partial charge in [-0.1, -0.05) is 30.3 Å². The number of Topliss-reactive ketones (excluding diaryl/α,β-unsaturated/α-hetero) is 2. The second-order valence-electron chi connectivity index (χ2n) is 5.63. The number of ketones is 2. The number of benzene rings is 2. The minimum Gasteiger partial charge on any atom is -0.505 e. The molecule has 6 nitrogen and oxygen atoms in total. The van der Waals surface area contributed by atoms with Gasteiger partial charge in [-0.15, -0.1) is 0 Å². The Balaban J connectivity index is 2.26. The molecule has 1 N–H and O–H groups in total. The Bertz CT molecular complexity index is 1040. The maximum absolute atomic E-state index is 12.8. The van der Waals surface area contributed by atoms with Crippen LogP contribution in [0.25, 0.3) is 5.76 Å².